The van der Waals surface area contributed by atoms with Crippen molar-refractivity contribution in [2.24, 2.45) is 11.8 Å². The first-order valence-electron chi connectivity index (χ1n) is 13.6. The summed E-state index contributed by atoms with van der Waals surface area (Å²) in [7, 11) is 0. The maximum atomic E-state index is 14.5. The van der Waals surface area contributed by atoms with Gasteiger partial charge in [0.2, 0.25) is 5.91 Å². The van der Waals surface area contributed by atoms with Crippen molar-refractivity contribution < 1.29 is 24.2 Å². The lowest BCUT2D eigenvalue weighted by atomic mass is 9.71. The standard InChI is InChI=1S/C30H40N2O5S/c1-6-8-9-10-16-37-29(36)24-23-13-14-30(38-23)25(24)27(34)32(21(5)18-33)26(30)28(35)31(15-7-2)22-17-19(3)11-12-20(22)4/h6-7,11-12,17,21,23-26,33H,1-2,8-10,13-16,18H2,3-5H3/t21-,23+,24-,25+,26?,30?/m1/s1. The molecule has 2 unspecified atom stereocenters. The Balaban J connectivity index is 1.69. The molecule has 0 saturated carbocycles. The summed E-state index contributed by atoms with van der Waals surface area (Å²) in [5.41, 5.74) is 2.76. The quantitative estimate of drug-likeness (QED) is 0.243. The molecule has 1 aromatic carbocycles. The molecule has 3 aliphatic heterocycles. The minimum absolute atomic E-state index is 0.0555. The van der Waals surface area contributed by atoms with Crippen molar-refractivity contribution >= 4 is 35.2 Å². The fraction of sp³-hybridized carbons (Fsp3) is 0.567. The predicted molar refractivity (Wildman–Crippen MR) is 151 cm³/mol. The zero-order valence-electron chi connectivity index (χ0n) is 22.7. The van der Waals surface area contributed by atoms with Crippen LogP contribution < -0.4 is 4.90 Å². The van der Waals surface area contributed by atoms with Crippen LogP contribution in [0, 0.1) is 25.7 Å². The molecule has 3 aliphatic rings. The monoisotopic (exact) mass is 540 g/mol. The second-order valence-corrected chi connectivity index (χ2v) is 12.4. The number of ether oxygens (including phenoxy) is 1. The summed E-state index contributed by atoms with van der Waals surface area (Å²) in [6, 6.07) is 4.62. The Kier molecular flexibility index (Phi) is 8.72. The molecule has 4 rings (SSSR count). The Labute approximate surface area is 230 Å². The van der Waals surface area contributed by atoms with Crippen LogP contribution in [0.1, 0.15) is 50.2 Å². The minimum atomic E-state index is -0.789. The fourth-order valence-electron chi connectivity index (χ4n) is 6.45. The average molecular weight is 541 g/mol. The molecule has 1 N–H and O–H groups in total. The fourth-order valence-corrected chi connectivity index (χ4v) is 8.64. The molecule has 1 aromatic rings. The number of anilines is 1. The first-order valence-corrected chi connectivity index (χ1v) is 14.5. The van der Waals surface area contributed by atoms with E-state index in [1.165, 1.54) is 0 Å². The van der Waals surface area contributed by atoms with Crippen LogP contribution in [0.3, 0.4) is 0 Å². The molecule has 3 saturated heterocycles. The molecular weight excluding hydrogens is 500 g/mol. The van der Waals surface area contributed by atoms with Crippen molar-refractivity contribution in [3.63, 3.8) is 0 Å². The van der Waals surface area contributed by atoms with Crippen molar-refractivity contribution in [1.29, 1.82) is 0 Å². The topological polar surface area (TPSA) is 87.2 Å². The van der Waals surface area contributed by atoms with Gasteiger partial charge in [0.25, 0.3) is 5.91 Å². The Hall–Kier alpha value is -2.58. The molecular formula is C30H40N2O5S. The summed E-state index contributed by atoms with van der Waals surface area (Å²) in [6.07, 6.45) is 7.45. The summed E-state index contributed by atoms with van der Waals surface area (Å²) < 4.78 is 4.93. The van der Waals surface area contributed by atoms with Gasteiger partial charge in [-0.1, -0.05) is 24.3 Å². The van der Waals surface area contributed by atoms with Crippen LogP contribution in [-0.4, -0.2) is 69.6 Å². The van der Waals surface area contributed by atoms with Crippen molar-refractivity contribution in [3.05, 3.63) is 54.6 Å². The van der Waals surface area contributed by atoms with Crippen molar-refractivity contribution in [1.82, 2.24) is 4.90 Å². The van der Waals surface area contributed by atoms with Gasteiger partial charge in [-0.05, 0) is 70.1 Å². The van der Waals surface area contributed by atoms with Crippen LogP contribution >= 0.6 is 11.8 Å². The number of aryl methyl sites for hydroxylation is 2. The van der Waals surface area contributed by atoms with E-state index in [-0.39, 0.29) is 29.6 Å². The van der Waals surface area contributed by atoms with Gasteiger partial charge in [0, 0.05) is 17.5 Å². The summed E-state index contributed by atoms with van der Waals surface area (Å²) in [6.45, 7) is 13.6. The van der Waals surface area contributed by atoms with Crippen LogP contribution in [0.25, 0.3) is 0 Å². The zero-order chi connectivity index (χ0) is 27.6. The van der Waals surface area contributed by atoms with Crippen LogP contribution in [-0.2, 0) is 19.1 Å². The maximum absolute atomic E-state index is 14.5. The number of rotatable bonds is 12. The summed E-state index contributed by atoms with van der Waals surface area (Å²) >= 11 is 1.61. The molecule has 7 nitrogen and oxygen atoms in total. The third-order valence-electron chi connectivity index (χ3n) is 8.26. The Morgan fingerprint density at radius 2 is 2.05 bits per heavy atom. The molecule has 0 aliphatic carbocycles. The number of esters is 1. The average Bonchev–Trinajstić information content (AvgIpc) is 3.55. The molecule has 0 radical (unpaired) electrons. The molecule has 6 atom stereocenters. The Bertz CT molecular complexity index is 1110. The number of amides is 2. The van der Waals surface area contributed by atoms with E-state index in [4.69, 9.17) is 4.74 Å². The van der Waals surface area contributed by atoms with E-state index in [0.29, 0.717) is 19.6 Å². The summed E-state index contributed by atoms with van der Waals surface area (Å²) in [5.74, 6) is -1.99. The normalized spacial score (nSPS) is 28.2. The minimum Gasteiger partial charge on any atom is -0.465 e. The number of allylic oxidation sites excluding steroid dienone is 1. The second kappa shape index (κ2) is 11.7. The number of fused-ring (bicyclic) bond motifs is 1. The Morgan fingerprint density at radius 1 is 1.29 bits per heavy atom. The highest BCUT2D eigenvalue weighted by Crippen LogP contribution is 2.67. The van der Waals surface area contributed by atoms with Crippen LogP contribution in [0.4, 0.5) is 5.69 Å². The van der Waals surface area contributed by atoms with Gasteiger partial charge in [-0.25, -0.2) is 0 Å². The lowest BCUT2D eigenvalue weighted by Crippen LogP contribution is -2.57. The van der Waals surface area contributed by atoms with E-state index in [2.05, 4.69) is 13.2 Å². The number of carbonyl (C=O) groups excluding carboxylic acids is 3. The molecule has 3 heterocycles. The van der Waals surface area contributed by atoms with Gasteiger partial charge in [0.15, 0.2) is 0 Å². The molecule has 2 bridgehead atoms. The third-order valence-corrected chi connectivity index (χ3v) is 10.2. The number of benzene rings is 1. The number of aliphatic hydroxyl groups is 1. The van der Waals surface area contributed by atoms with Crippen LogP contribution in [0.2, 0.25) is 0 Å². The molecule has 3 fully saturated rings. The van der Waals surface area contributed by atoms with E-state index in [1.807, 2.05) is 38.1 Å². The van der Waals surface area contributed by atoms with Gasteiger partial charge >= 0.3 is 5.97 Å². The molecule has 8 heteroatoms. The number of hydrogen-bond acceptors (Lipinski definition) is 6. The lowest BCUT2D eigenvalue weighted by molar-refractivity contribution is -0.154. The van der Waals surface area contributed by atoms with Gasteiger partial charge in [0.1, 0.15) is 6.04 Å². The zero-order valence-corrected chi connectivity index (χ0v) is 23.5. The highest BCUT2D eigenvalue weighted by molar-refractivity contribution is 8.02. The van der Waals surface area contributed by atoms with E-state index in [1.54, 1.807) is 34.6 Å². The first-order chi connectivity index (χ1) is 18.2. The van der Waals surface area contributed by atoms with E-state index >= 15 is 0 Å². The van der Waals surface area contributed by atoms with E-state index in [9.17, 15) is 19.5 Å². The molecule has 38 heavy (non-hydrogen) atoms. The highest BCUT2D eigenvalue weighted by Gasteiger charge is 2.74. The maximum Gasteiger partial charge on any atom is 0.310 e. The smallest absolute Gasteiger partial charge is 0.310 e. The van der Waals surface area contributed by atoms with Crippen molar-refractivity contribution in [2.45, 2.75) is 75.0 Å². The molecule has 2 amide bonds. The van der Waals surface area contributed by atoms with Gasteiger partial charge in [-0.2, -0.15) is 0 Å². The van der Waals surface area contributed by atoms with Crippen molar-refractivity contribution in [2.75, 3.05) is 24.7 Å². The number of unbranched alkanes of at least 4 members (excludes halogenated alkanes) is 2. The van der Waals surface area contributed by atoms with E-state index < -0.39 is 28.7 Å². The third kappa shape index (κ3) is 4.81. The van der Waals surface area contributed by atoms with Crippen LogP contribution in [0.5, 0.6) is 0 Å². The molecule has 206 valence electrons. The summed E-state index contributed by atoms with van der Waals surface area (Å²) in [5, 5.41) is 10.0. The van der Waals surface area contributed by atoms with Crippen LogP contribution in [0.15, 0.2) is 43.5 Å². The Morgan fingerprint density at radius 3 is 2.74 bits per heavy atom. The van der Waals surface area contributed by atoms with Gasteiger partial charge in [-0.15, -0.1) is 24.9 Å². The number of aliphatic hydroxyl groups excluding tert-OH is 1. The number of likely N-dealkylation sites (tertiary alicyclic amines) is 1. The molecule has 1 spiro atoms. The number of hydrogen-bond donors (Lipinski definition) is 1. The highest BCUT2D eigenvalue weighted by atomic mass is 32.2. The first kappa shape index (κ1) is 28.4. The van der Waals surface area contributed by atoms with E-state index in [0.717, 1.165) is 42.5 Å². The number of nitrogens with zero attached hydrogens (tertiary/aromatic N) is 2. The van der Waals surface area contributed by atoms with Crippen molar-refractivity contribution in [3.8, 4) is 0 Å². The molecule has 0 aromatic heterocycles. The van der Waals surface area contributed by atoms with Gasteiger partial charge < -0.3 is 19.6 Å². The largest absolute Gasteiger partial charge is 0.465 e. The SMILES string of the molecule is C=CCCCCOC(=O)[C@@H]1[C@@H]2CCC3(S2)C(C(=O)N(CC=C)c2cc(C)ccc2C)N([C@H](C)CO)C(=O)[C@H]13. The van der Waals surface area contributed by atoms with Gasteiger partial charge in [-0.3, -0.25) is 14.4 Å². The van der Waals surface area contributed by atoms with Gasteiger partial charge in [0.05, 0.1) is 35.8 Å². The lowest BCUT2D eigenvalue weighted by Gasteiger charge is -2.39. The predicted octanol–water partition coefficient (Wildman–Crippen LogP) is 4.19. The number of carbonyl (C=O) groups is 3. The summed E-state index contributed by atoms with van der Waals surface area (Å²) in [4.78, 5) is 45.2. The number of thioether (sulfide) groups is 1. The second-order valence-electron chi connectivity index (χ2n) is 10.8.